The molecule has 1 unspecified atom stereocenters. The van der Waals surface area contributed by atoms with Crippen LogP contribution in [0.1, 0.15) is 24.8 Å². The number of amides is 1. The van der Waals surface area contributed by atoms with Crippen molar-refractivity contribution in [3.8, 4) is 0 Å². The molecule has 0 saturated carbocycles. The summed E-state index contributed by atoms with van der Waals surface area (Å²) in [7, 11) is 0. The molecule has 0 bridgehead atoms. The van der Waals surface area contributed by atoms with Crippen molar-refractivity contribution in [1.29, 1.82) is 0 Å². The van der Waals surface area contributed by atoms with Crippen LogP contribution in [0.2, 0.25) is 0 Å². The molecule has 1 atom stereocenters. The van der Waals surface area contributed by atoms with Gasteiger partial charge in [0, 0.05) is 13.0 Å². The van der Waals surface area contributed by atoms with E-state index in [9.17, 15) is 18.0 Å². The summed E-state index contributed by atoms with van der Waals surface area (Å²) in [5.41, 5.74) is 1.05. The summed E-state index contributed by atoms with van der Waals surface area (Å²) in [6, 6.07) is 9.56. The van der Waals surface area contributed by atoms with Crippen LogP contribution in [0.4, 0.5) is 13.2 Å². The van der Waals surface area contributed by atoms with Crippen LogP contribution in [0.25, 0.3) is 0 Å². The van der Waals surface area contributed by atoms with Crippen LogP contribution in [0, 0.1) is 0 Å². The highest BCUT2D eigenvalue weighted by Gasteiger charge is 2.27. The average molecular weight is 289 g/mol. The van der Waals surface area contributed by atoms with E-state index in [0.717, 1.165) is 5.56 Å². The third kappa shape index (κ3) is 7.13. The molecule has 0 heterocycles. The predicted molar refractivity (Wildman–Crippen MR) is 69.4 cm³/mol. The van der Waals surface area contributed by atoms with Crippen molar-refractivity contribution >= 4 is 5.91 Å². The van der Waals surface area contributed by atoms with Crippen molar-refractivity contribution in [3.05, 3.63) is 35.9 Å². The maximum absolute atomic E-state index is 11.8. The normalized spacial score (nSPS) is 13.0. The first-order valence-electron chi connectivity index (χ1n) is 6.34. The molecule has 20 heavy (non-hydrogen) atoms. The van der Waals surface area contributed by atoms with Gasteiger partial charge in [0.1, 0.15) is 6.61 Å². The topological polar surface area (TPSA) is 38.3 Å². The number of ether oxygens (including phenoxy) is 1. The lowest BCUT2D eigenvalue weighted by atomic mass is 9.98. The molecule has 6 heteroatoms. The second-order valence-electron chi connectivity index (χ2n) is 4.53. The SMILES string of the molecule is CC(CC(=O)NCCOCC(F)(F)F)c1ccccc1. The van der Waals surface area contributed by atoms with Crippen LogP contribution < -0.4 is 5.32 Å². The van der Waals surface area contributed by atoms with E-state index in [1.807, 2.05) is 37.3 Å². The van der Waals surface area contributed by atoms with E-state index >= 15 is 0 Å². The molecule has 0 aliphatic heterocycles. The highest BCUT2D eigenvalue weighted by Crippen LogP contribution is 2.18. The van der Waals surface area contributed by atoms with E-state index in [4.69, 9.17) is 0 Å². The summed E-state index contributed by atoms with van der Waals surface area (Å²) in [4.78, 5) is 11.6. The summed E-state index contributed by atoms with van der Waals surface area (Å²) in [5, 5.41) is 2.54. The number of carbonyl (C=O) groups excluding carboxylic acids is 1. The van der Waals surface area contributed by atoms with Gasteiger partial charge in [-0.2, -0.15) is 13.2 Å². The van der Waals surface area contributed by atoms with Gasteiger partial charge in [0.15, 0.2) is 0 Å². The minimum Gasteiger partial charge on any atom is -0.370 e. The molecule has 0 aliphatic carbocycles. The predicted octanol–water partition coefficient (Wildman–Crippen LogP) is 2.88. The number of hydrogen-bond donors (Lipinski definition) is 1. The van der Waals surface area contributed by atoms with E-state index < -0.39 is 12.8 Å². The van der Waals surface area contributed by atoms with Gasteiger partial charge in [-0.3, -0.25) is 4.79 Å². The zero-order chi connectivity index (χ0) is 15.0. The second-order valence-corrected chi connectivity index (χ2v) is 4.53. The fourth-order valence-electron chi connectivity index (χ4n) is 1.70. The van der Waals surface area contributed by atoms with E-state index in [-0.39, 0.29) is 25.0 Å². The Balaban J connectivity index is 2.18. The Bertz CT molecular complexity index is 407. The van der Waals surface area contributed by atoms with Gasteiger partial charge in [-0.15, -0.1) is 0 Å². The van der Waals surface area contributed by atoms with Crippen molar-refractivity contribution < 1.29 is 22.7 Å². The molecule has 1 aromatic rings. The summed E-state index contributed by atoms with van der Waals surface area (Å²) < 4.78 is 39.8. The number of halogens is 3. The molecule has 0 fully saturated rings. The lowest BCUT2D eigenvalue weighted by Crippen LogP contribution is -2.29. The van der Waals surface area contributed by atoms with Gasteiger partial charge in [0.05, 0.1) is 6.61 Å². The van der Waals surface area contributed by atoms with Crippen LogP contribution >= 0.6 is 0 Å². The first-order valence-corrected chi connectivity index (χ1v) is 6.34. The van der Waals surface area contributed by atoms with Crippen molar-refractivity contribution in [2.24, 2.45) is 0 Å². The molecule has 0 aliphatic rings. The lowest BCUT2D eigenvalue weighted by Gasteiger charge is -2.12. The number of nitrogens with one attached hydrogen (secondary N) is 1. The summed E-state index contributed by atoms with van der Waals surface area (Å²) >= 11 is 0. The Morgan fingerprint density at radius 3 is 2.55 bits per heavy atom. The minimum atomic E-state index is -4.33. The Hall–Kier alpha value is -1.56. The number of alkyl halides is 3. The smallest absolute Gasteiger partial charge is 0.370 e. The quantitative estimate of drug-likeness (QED) is 0.784. The van der Waals surface area contributed by atoms with Crippen LogP contribution in [-0.4, -0.2) is 31.8 Å². The fourth-order valence-corrected chi connectivity index (χ4v) is 1.70. The minimum absolute atomic E-state index is 0.0623. The highest BCUT2D eigenvalue weighted by atomic mass is 19.4. The van der Waals surface area contributed by atoms with Gasteiger partial charge in [-0.25, -0.2) is 0 Å². The largest absolute Gasteiger partial charge is 0.411 e. The van der Waals surface area contributed by atoms with Gasteiger partial charge in [0.2, 0.25) is 5.91 Å². The Morgan fingerprint density at radius 1 is 1.30 bits per heavy atom. The van der Waals surface area contributed by atoms with Crippen LogP contribution in [0.3, 0.4) is 0 Å². The van der Waals surface area contributed by atoms with E-state index in [0.29, 0.717) is 6.42 Å². The Morgan fingerprint density at radius 2 is 1.95 bits per heavy atom. The second kappa shape index (κ2) is 7.89. The molecule has 1 aromatic carbocycles. The monoisotopic (exact) mass is 289 g/mol. The van der Waals surface area contributed by atoms with Crippen LogP contribution in [-0.2, 0) is 9.53 Å². The molecular formula is C14H18F3NO2. The fraction of sp³-hybridized carbons (Fsp3) is 0.500. The first-order chi connectivity index (χ1) is 9.38. The molecule has 3 nitrogen and oxygen atoms in total. The van der Waals surface area contributed by atoms with Gasteiger partial charge in [-0.1, -0.05) is 37.3 Å². The first kappa shape index (κ1) is 16.5. The molecule has 0 spiro atoms. The van der Waals surface area contributed by atoms with Gasteiger partial charge in [-0.05, 0) is 11.5 Å². The molecule has 1 N–H and O–H groups in total. The van der Waals surface area contributed by atoms with Crippen molar-refractivity contribution in [2.75, 3.05) is 19.8 Å². The van der Waals surface area contributed by atoms with E-state index in [1.165, 1.54) is 0 Å². The number of rotatable bonds is 7. The summed E-state index contributed by atoms with van der Waals surface area (Å²) in [5.74, 6) is -0.135. The average Bonchev–Trinajstić information content (AvgIpc) is 2.38. The number of hydrogen-bond acceptors (Lipinski definition) is 2. The third-order valence-corrected chi connectivity index (χ3v) is 2.69. The zero-order valence-corrected chi connectivity index (χ0v) is 11.2. The van der Waals surface area contributed by atoms with Gasteiger partial charge < -0.3 is 10.1 Å². The van der Waals surface area contributed by atoms with Crippen molar-refractivity contribution in [3.63, 3.8) is 0 Å². The molecule has 1 rings (SSSR count). The van der Waals surface area contributed by atoms with E-state index in [2.05, 4.69) is 10.1 Å². The van der Waals surface area contributed by atoms with Gasteiger partial charge in [0.25, 0.3) is 0 Å². The Kier molecular flexibility index (Phi) is 6.51. The lowest BCUT2D eigenvalue weighted by molar-refractivity contribution is -0.173. The molecule has 1 amide bonds. The zero-order valence-electron chi connectivity index (χ0n) is 11.2. The highest BCUT2D eigenvalue weighted by molar-refractivity contribution is 5.76. The Labute approximate surface area is 116 Å². The van der Waals surface area contributed by atoms with Gasteiger partial charge >= 0.3 is 6.18 Å². The molecule has 0 radical (unpaired) electrons. The van der Waals surface area contributed by atoms with Crippen molar-refractivity contribution in [1.82, 2.24) is 5.32 Å². The summed E-state index contributed by atoms with van der Waals surface area (Å²) in [6.07, 6.45) is -4.03. The van der Waals surface area contributed by atoms with Crippen LogP contribution in [0.15, 0.2) is 30.3 Å². The maximum Gasteiger partial charge on any atom is 0.411 e. The third-order valence-electron chi connectivity index (χ3n) is 2.69. The number of benzene rings is 1. The van der Waals surface area contributed by atoms with Crippen LogP contribution in [0.5, 0.6) is 0 Å². The molecule has 0 aromatic heterocycles. The molecule has 0 saturated heterocycles. The summed E-state index contributed by atoms with van der Waals surface area (Å²) in [6.45, 7) is 0.569. The maximum atomic E-state index is 11.8. The number of carbonyl (C=O) groups is 1. The van der Waals surface area contributed by atoms with Crippen molar-refractivity contribution in [2.45, 2.75) is 25.4 Å². The standard InChI is InChI=1S/C14H18F3NO2/c1-11(12-5-3-2-4-6-12)9-13(19)18-7-8-20-10-14(15,16)17/h2-6,11H,7-10H2,1H3,(H,18,19). The van der Waals surface area contributed by atoms with E-state index in [1.54, 1.807) is 0 Å². The molecular weight excluding hydrogens is 271 g/mol. The molecule has 112 valence electrons.